The summed E-state index contributed by atoms with van der Waals surface area (Å²) in [7, 11) is 0. The van der Waals surface area contributed by atoms with Gasteiger partial charge in [-0.2, -0.15) is 0 Å². The van der Waals surface area contributed by atoms with E-state index in [0.29, 0.717) is 13.2 Å². The number of hydrogen-bond donors (Lipinski definition) is 1. The number of carbonyl (C=O) groups excluding carboxylic acids is 1. The Morgan fingerprint density at radius 3 is 2.09 bits per heavy atom. The molecule has 1 atom stereocenters. The smallest absolute Gasteiger partial charge is 0.412 e. The van der Waals surface area contributed by atoms with Gasteiger partial charge in [-0.15, -0.1) is 0 Å². The normalized spacial score (nSPS) is 47.2. The second kappa shape index (κ2) is 4.85. The van der Waals surface area contributed by atoms with Gasteiger partial charge in [-0.05, 0) is 77.0 Å². The first-order valence-electron chi connectivity index (χ1n) is 9.08. The van der Waals surface area contributed by atoms with Crippen molar-refractivity contribution in [2.45, 2.75) is 76.2 Å². The zero-order valence-corrected chi connectivity index (χ0v) is 14.5. The fourth-order valence-corrected chi connectivity index (χ4v) is 5.74. The van der Waals surface area contributed by atoms with E-state index in [-0.39, 0.29) is 5.60 Å². The Morgan fingerprint density at radius 2 is 1.65 bits per heavy atom. The highest BCUT2D eigenvalue weighted by atomic mass is 16.6. The van der Waals surface area contributed by atoms with Crippen LogP contribution in [-0.2, 0) is 9.47 Å². The van der Waals surface area contributed by atoms with E-state index in [2.05, 4.69) is 0 Å². The fraction of sp³-hybridized carbons (Fsp3) is 0.944. The second-order valence-electron chi connectivity index (χ2n) is 9.00. The molecular weight excluding hydrogens is 294 g/mol. The van der Waals surface area contributed by atoms with E-state index in [1.807, 2.05) is 0 Å². The molecule has 0 spiro atoms. The molecule has 5 nitrogen and oxygen atoms in total. The minimum atomic E-state index is -1.30. The average Bonchev–Trinajstić information content (AvgIpc) is 2.55. The third kappa shape index (κ3) is 2.39. The van der Waals surface area contributed by atoms with Gasteiger partial charge in [-0.25, -0.2) is 4.79 Å². The largest absolute Gasteiger partial charge is 0.438 e. The van der Waals surface area contributed by atoms with E-state index in [0.717, 1.165) is 17.8 Å². The molecule has 1 N–H and O–H groups in total. The predicted octanol–water partition coefficient (Wildman–Crippen LogP) is 2.91. The number of ether oxygens (including phenoxy) is 2. The van der Waals surface area contributed by atoms with E-state index in [1.54, 1.807) is 20.8 Å². The Bertz CT molecular complexity index is 478. The molecule has 4 bridgehead atoms. The number of aliphatic hydroxyl groups is 1. The molecule has 0 aromatic carbocycles. The lowest BCUT2D eigenvalue weighted by Gasteiger charge is -2.56. The maximum Gasteiger partial charge on any atom is 0.412 e. The summed E-state index contributed by atoms with van der Waals surface area (Å²) in [5, 5.41) is 10.6. The highest BCUT2D eigenvalue weighted by Gasteiger charge is 2.57. The first-order chi connectivity index (χ1) is 10.7. The van der Waals surface area contributed by atoms with Crippen LogP contribution in [0.2, 0.25) is 0 Å². The lowest BCUT2D eigenvalue weighted by atomic mass is 9.54. The Labute approximate surface area is 138 Å². The van der Waals surface area contributed by atoms with Crippen molar-refractivity contribution < 1.29 is 19.4 Å². The van der Waals surface area contributed by atoms with Crippen LogP contribution in [0.1, 0.15) is 59.3 Å². The van der Waals surface area contributed by atoms with Gasteiger partial charge in [0, 0.05) is 0 Å². The van der Waals surface area contributed by atoms with Crippen LogP contribution in [0, 0.1) is 17.8 Å². The van der Waals surface area contributed by atoms with Crippen molar-refractivity contribution in [2.75, 3.05) is 13.2 Å². The van der Waals surface area contributed by atoms with Crippen molar-refractivity contribution in [3.63, 3.8) is 0 Å². The van der Waals surface area contributed by atoms with Crippen molar-refractivity contribution in [1.29, 1.82) is 0 Å². The van der Waals surface area contributed by atoms with Crippen LogP contribution in [0.15, 0.2) is 0 Å². The SMILES string of the molecule is CC1(C)OC(=O)N(CCOC23CC4CC(CC(C4)C2)C3)[C@@]1(C)O. The Balaban J connectivity index is 1.38. The maximum absolute atomic E-state index is 12.0. The van der Waals surface area contributed by atoms with Crippen LogP contribution in [0.5, 0.6) is 0 Å². The molecule has 130 valence electrons. The minimum Gasteiger partial charge on any atom is -0.438 e. The second-order valence-corrected chi connectivity index (χ2v) is 9.00. The third-order valence-electron chi connectivity index (χ3n) is 6.93. The summed E-state index contributed by atoms with van der Waals surface area (Å²) in [6, 6.07) is 0. The minimum absolute atomic E-state index is 0.0414. The number of rotatable bonds is 4. The molecule has 5 rings (SSSR count). The third-order valence-corrected chi connectivity index (χ3v) is 6.93. The van der Waals surface area contributed by atoms with Crippen LogP contribution in [0.4, 0.5) is 4.79 Å². The van der Waals surface area contributed by atoms with E-state index >= 15 is 0 Å². The van der Waals surface area contributed by atoms with E-state index < -0.39 is 17.4 Å². The lowest BCUT2D eigenvalue weighted by molar-refractivity contribution is -0.173. The van der Waals surface area contributed by atoms with Gasteiger partial charge in [0.25, 0.3) is 0 Å². The van der Waals surface area contributed by atoms with Gasteiger partial charge >= 0.3 is 6.09 Å². The van der Waals surface area contributed by atoms with Crippen molar-refractivity contribution in [3.8, 4) is 0 Å². The zero-order chi connectivity index (χ0) is 16.5. The van der Waals surface area contributed by atoms with Crippen molar-refractivity contribution in [2.24, 2.45) is 17.8 Å². The van der Waals surface area contributed by atoms with Gasteiger partial charge in [0.15, 0.2) is 11.3 Å². The summed E-state index contributed by atoms with van der Waals surface area (Å²) >= 11 is 0. The molecular formula is C18H29NO4. The van der Waals surface area contributed by atoms with Gasteiger partial charge in [-0.3, -0.25) is 4.90 Å². The highest BCUT2D eigenvalue weighted by molar-refractivity contribution is 5.72. The molecule has 1 amide bonds. The molecule has 0 aromatic rings. The standard InChI is InChI=1S/C18H29NO4/c1-16(2)17(3,21)19(15(20)23-16)4-5-22-18-9-12-6-13(10-18)8-14(7-12)11-18/h12-14,21H,4-11H2,1-3H3/t12?,13?,14?,17-,18?/m0/s1. The monoisotopic (exact) mass is 323 g/mol. The molecule has 4 saturated carbocycles. The van der Waals surface area contributed by atoms with Gasteiger partial charge in [0.05, 0.1) is 18.8 Å². The average molecular weight is 323 g/mol. The first-order valence-corrected chi connectivity index (χ1v) is 9.08. The Kier molecular flexibility index (Phi) is 3.31. The van der Waals surface area contributed by atoms with Crippen LogP contribution in [0.3, 0.4) is 0 Å². The van der Waals surface area contributed by atoms with Crippen molar-refractivity contribution in [3.05, 3.63) is 0 Å². The highest BCUT2D eigenvalue weighted by Crippen LogP contribution is 2.57. The molecule has 23 heavy (non-hydrogen) atoms. The fourth-order valence-electron chi connectivity index (χ4n) is 5.74. The number of amides is 1. The Hall–Kier alpha value is -0.810. The summed E-state index contributed by atoms with van der Waals surface area (Å²) in [6.07, 6.45) is 7.29. The Morgan fingerprint density at radius 1 is 1.13 bits per heavy atom. The molecule has 5 heteroatoms. The number of cyclic esters (lactones) is 1. The van der Waals surface area contributed by atoms with Gasteiger partial charge in [0.1, 0.15) is 0 Å². The summed E-state index contributed by atoms with van der Waals surface area (Å²) in [4.78, 5) is 13.5. The molecule has 5 fully saturated rings. The molecule has 5 aliphatic rings. The molecule has 1 saturated heterocycles. The topological polar surface area (TPSA) is 59.0 Å². The van der Waals surface area contributed by atoms with E-state index in [4.69, 9.17) is 9.47 Å². The van der Waals surface area contributed by atoms with Crippen molar-refractivity contribution >= 4 is 6.09 Å². The van der Waals surface area contributed by atoms with E-state index in [1.165, 1.54) is 43.4 Å². The zero-order valence-electron chi connectivity index (χ0n) is 14.5. The first kappa shape index (κ1) is 15.7. The summed E-state index contributed by atoms with van der Waals surface area (Å²) in [6.45, 7) is 5.99. The van der Waals surface area contributed by atoms with Gasteiger partial charge in [-0.1, -0.05) is 0 Å². The predicted molar refractivity (Wildman–Crippen MR) is 84.7 cm³/mol. The molecule has 1 heterocycles. The molecule has 4 aliphatic carbocycles. The molecule has 1 aliphatic heterocycles. The number of carbonyl (C=O) groups is 1. The van der Waals surface area contributed by atoms with Gasteiger partial charge < -0.3 is 14.6 Å². The van der Waals surface area contributed by atoms with Crippen LogP contribution in [-0.4, -0.2) is 46.2 Å². The summed E-state index contributed by atoms with van der Waals surface area (Å²) in [5.74, 6) is 2.54. The number of nitrogens with zero attached hydrogens (tertiary/aromatic N) is 1. The van der Waals surface area contributed by atoms with E-state index in [9.17, 15) is 9.90 Å². The quantitative estimate of drug-likeness (QED) is 0.864. The van der Waals surface area contributed by atoms with Gasteiger partial charge in [0.2, 0.25) is 0 Å². The van der Waals surface area contributed by atoms with Crippen LogP contribution >= 0.6 is 0 Å². The summed E-state index contributed by atoms with van der Waals surface area (Å²) < 4.78 is 11.7. The van der Waals surface area contributed by atoms with Crippen molar-refractivity contribution in [1.82, 2.24) is 4.90 Å². The van der Waals surface area contributed by atoms with Crippen LogP contribution < -0.4 is 0 Å². The molecule has 0 unspecified atom stereocenters. The summed E-state index contributed by atoms with van der Waals surface area (Å²) in [5.41, 5.74) is -2.15. The molecule has 0 aromatic heterocycles. The maximum atomic E-state index is 12.0. The van der Waals surface area contributed by atoms with Crippen LogP contribution in [0.25, 0.3) is 0 Å². The number of hydrogen-bond acceptors (Lipinski definition) is 4. The lowest BCUT2D eigenvalue weighted by Crippen LogP contribution is -2.55. The molecule has 0 radical (unpaired) electrons.